The Morgan fingerprint density at radius 3 is 2.41 bits per heavy atom. The molecular weight excluding hydrogens is 440 g/mol. The monoisotopic (exact) mass is 464 g/mol. The fourth-order valence-corrected chi connectivity index (χ4v) is 4.17. The fraction of sp³-hybridized carbons (Fsp3) is 0.364. The van der Waals surface area contributed by atoms with E-state index in [1.165, 1.54) is 0 Å². The van der Waals surface area contributed by atoms with Crippen molar-refractivity contribution in [3.63, 3.8) is 0 Å². The standard InChI is InChI=1S/C22H24O9S/c23-17(24)9-12-4-3-5-13(8-12)14-6-1-2-7-15(14)30-22-21(29)20(28)19(27)16(31-22)10-32-11-18(25)26/h1-8,16,19-22,27-29H,9-11H2,(H,23,24)(H,25,26)/t16-,19-,20+,21+,22+/m1/s1. The maximum atomic E-state index is 11.0. The molecule has 32 heavy (non-hydrogen) atoms. The van der Waals surface area contributed by atoms with Gasteiger partial charge >= 0.3 is 11.9 Å². The smallest absolute Gasteiger partial charge is 0.313 e. The van der Waals surface area contributed by atoms with Crippen LogP contribution < -0.4 is 4.74 Å². The molecule has 0 amide bonds. The quantitative estimate of drug-likeness (QED) is 0.363. The molecule has 0 aromatic heterocycles. The third-order valence-electron chi connectivity index (χ3n) is 4.90. The fourth-order valence-electron chi connectivity index (χ4n) is 3.37. The molecule has 2 aromatic carbocycles. The molecule has 10 heteroatoms. The number of hydrogen-bond donors (Lipinski definition) is 5. The topological polar surface area (TPSA) is 154 Å². The Hall–Kier alpha value is -2.63. The minimum absolute atomic E-state index is 0.0794. The molecule has 0 saturated carbocycles. The number of aliphatic carboxylic acids is 2. The van der Waals surface area contributed by atoms with Crippen molar-refractivity contribution in [3.8, 4) is 16.9 Å². The van der Waals surface area contributed by atoms with E-state index in [0.717, 1.165) is 11.8 Å². The van der Waals surface area contributed by atoms with E-state index in [4.69, 9.17) is 19.7 Å². The van der Waals surface area contributed by atoms with Crippen LogP contribution in [0.3, 0.4) is 0 Å². The van der Waals surface area contributed by atoms with E-state index < -0.39 is 42.6 Å². The van der Waals surface area contributed by atoms with Gasteiger partial charge in [0.05, 0.1) is 18.3 Å². The number of rotatable bonds is 9. The number of carboxylic acid groups (broad SMARTS) is 2. The molecule has 1 aliphatic rings. The first-order valence-corrected chi connectivity index (χ1v) is 11.0. The third-order valence-corrected chi connectivity index (χ3v) is 5.91. The molecule has 172 valence electrons. The molecule has 5 N–H and O–H groups in total. The summed E-state index contributed by atoms with van der Waals surface area (Å²) in [5.74, 6) is -1.77. The lowest BCUT2D eigenvalue weighted by atomic mass is 9.99. The molecule has 5 atom stereocenters. The van der Waals surface area contributed by atoms with Gasteiger partial charge in [-0.2, -0.15) is 0 Å². The number of aliphatic hydroxyl groups excluding tert-OH is 3. The highest BCUT2D eigenvalue weighted by atomic mass is 32.2. The molecule has 9 nitrogen and oxygen atoms in total. The van der Waals surface area contributed by atoms with Gasteiger partial charge in [0.1, 0.15) is 24.1 Å². The first-order valence-electron chi connectivity index (χ1n) is 9.82. The van der Waals surface area contributed by atoms with Crippen LogP contribution in [0.15, 0.2) is 48.5 Å². The van der Waals surface area contributed by atoms with Gasteiger partial charge < -0.3 is 35.0 Å². The van der Waals surface area contributed by atoms with Gasteiger partial charge in [0, 0.05) is 11.3 Å². The second kappa shape index (κ2) is 10.8. The van der Waals surface area contributed by atoms with E-state index in [2.05, 4.69) is 0 Å². The van der Waals surface area contributed by atoms with Gasteiger partial charge in [-0.15, -0.1) is 11.8 Å². The maximum absolute atomic E-state index is 11.0. The predicted octanol–water partition coefficient (Wildman–Crippen LogP) is 0.985. The largest absolute Gasteiger partial charge is 0.481 e. The van der Waals surface area contributed by atoms with Gasteiger partial charge in [-0.1, -0.05) is 42.5 Å². The highest BCUT2D eigenvalue weighted by Crippen LogP contribution is 2.33. The zero-order valence-electron chi connectivity index (χ0n) is 16.9. The molecule has 1 heterocycles. The molecule has 3 rings (SSSR count). The third kappa shape index (κ3) is 5.99. The van der Waals surface area contributed by atoms with Crippen molar-refractivity contribution < 1.29 is 44.6 Å². The lowest BCUT2D eigenvalue weighted by Crippen LogP contribution is -2.59. The minimum Gasteiger partial charge on any atom is -0.481 e. The Labute approximate surface area is 188 Å². The second-order valence-electron chi connectivity index (χ2n) is 7.31. The summed E-state index contributed by atoms with van der Waals surface area (Å²) in [6.45, 7) is 0. The number of aliphatic hydroxyl groups is 3. The van der Waals surface area contributed by atoms with Crippen molar-refractivity contribution >= 4 is 23.7 Å². The van der Waals surface area contributed by atoms with Gasteiger partial charge in [0.25, 0.3) is 0 Å². The minimum atomic E-state index is -1.55. The van der Waals surface area contributed by atoms with Gasteiger partial charge in [-0.3, -0.25) is 9.59 Å². The van der Waals surface area contributed by atoms with E-state index in [-0.39, 0.29) is 17.9 Å². The van der Waals surface area contributed by atoms with E-state index in [1.54, 1.807) is 48.5 Å². The van der Waals surface area contributed by atoms with Crippen LogP contribution >= 0.6 is 11.8 Å². The number of carbonyl (C=O) groups is 2. The maximum Gasteiger partial charge on any atom is 0.313 e. The lowest BCUT2D eigenvalue weighted by molar-refractivity contribution is -0.266. The summed E-state index contributed by atoms with van der Waals surface area (Å²) < 4.78 is 11.5. The molecule has 0 bridgehead atoms. The van der Waals surface area contributed by atoms with Crippen LogP contribution in [0.4, 0.5) is 0 Å². The summed E-state index contributed by atoms with van der Waals surface area (Å²) in [4.78, 5) is 21.8. The van der Waals surface area contributed by atoms with Crippen LogP contribution in [0.2, 0.25) is 0 Å². The normalized spacial score (nSPS) is 25.3. The van der Waals surface area contributed by atoms with Crippen LogP contribution in [0.25, 0.3) is 11.1 Å². The molecular formula is C22H24O9S. The van der Waals surface area contributed by atoms with E-state index in [1.807, 2.05) is 0 Å². The number of hydrogen-bond acceptors (Lipinski definition) is 8. The van der Waals surface area contributed by atoms with Crippen LogP contribution in [-0.4, -0.2) is 79.7 Å². The summed E-state index contributed by atoms with van der Waals surface area (Å²) in [7, 11) is 0. The highest BCUT2D eigenvalue weighted by molar-refractivity contribution is 7.99. The SMILES string of the molecule is O=C(O)CSC[C@H]1O[C@H](Oc2ccccc2-c2cccc(CC(=O)O)c2)[C@@H](O)[C@@H](O)[C@@H]1O. The van der Waals surface area contributed by atoms with E-state index >= 15 is 0 Å². The molecule has 1 fully saturated rings. The average molecular weight is 464 g/mol. The molecule has 0 unspecified atom stereocenters. The average Bonchev–Trinajstić information content (AvgIpc) is 2.75. The molecule has 2 aromatic rings. The Balaban J connectivity index is 1.80. The summed E-state index contributed by atoms with van der Waals surface area (Å²) in [5.41, 5.74) is 1.92. The molecule has 0 spiro atoms. The van der Waals surface area contributed by atoms with Crippen molar-refractivity contribution in [2.24, 2.45) is 0 Å². The van der Waals surface area contributed by atoms with Crippen molar-refractivity contribution in [2.45, 2.75) is 37.1 Å². The van der Waals surface area contributed by atoms with Crippen LogP contribution in [0, 0.1) is 0 Å². The van der Waals surface area contributed by atoms with Crippen LogP contribution in [-0.2, 0) is 20.7 Å². The summed E-state index contributed by atoms with van der Waals surface area (Å²) in [6.07, 6.45) is -6.90. The number of thioether (sulfide) groups is 1. The molecule has 0 radical (unpaired) electrons. The van der Waals surface area contributed by atoms with Crippen LogP contribution in [0.5, 0.6) is 5.75 Å². The summed E-state index contributed by atoms with van der Waals surface area (Å²) >= 11 is 1.01. The van der Waals surface area contributed by atoms with Gasteiger partial charge in [0.15, 0.2) is 0 Å². The zero-order chi connectivity index (χ0) is 23.3. The van der Waals surface area contributed by atoms with Crippen molar-refractivity contribution in [1.29, 1.82) is 0 Å². The Morgan fingerprint density at radius 1 is 0.938 bits per heavy atom. The number of para-hydroxylation sites is 1. The Kier molecular flexibility index (Phi) is 8.10. The second-order valence-corrected chi connectivity index (χ2v) is 8.34. The van der Waals surface area contributed by atoms with E-state index in [0.29, 0.717) is 22.4 Å². The first kappa shape index (κ1) is 24.0. The molecule has 1 saturated heterocycles. The number of carboxylic acids is 2. The Bertz CT molecular complexity index is 951. The zero-order valence-corrected chi connectivity index (χ0v) is 17.7. The Morgan fingerprint density at radius 2 is 1.69 bits per heavy atom. The predicted molar refractivity (Wildman–Crippen MR) is 115 cm³/mol. The van der Waals surface area contributed by atoms with Crippen molar-refractivity contribution in [3.05, 3.63) is 54.1 Å². The van der Waals surface area contributed by atoms with Crippen molar-refractivity contribution in [1.82, 2.24) is 0 Å². The first-order chi connectivity index (χ1) is 15.3. The van der Waals surface area contributed by atoms with Gasteiger partial charge in [-0.25, -0.2) is 0 Å². The number of benzene rings is 2. The van der Waals surface area contributed by atoms with Crippen molar-refractivity contribution in [2.75, 3.05) is 11.5 Å². The van der Waals surface area contributed by atoms with Gasteiger partial charge in [-0.05, 0) is 17.2 Å². The molecule has 0 aliphatic carbocycles. The number of ether oxygens (including phenoxy) is 2. The lowest BCUT2D eigenvalue weighted by Gasteiger charge is -2.40. The highest BCUT2D eigenvalue weighted by Gasteiger charge is 2.45. The van der Waals surface area contributed by atoms with Gasteiger partial charge in [0.2, 0.25) is 6.29 Å². The summed E-state index contributed by atoms with van der Waals surface area (Å²) in [5, 5.41) is 48.6. The van der Waals surface area contributed by atoms with E-state index in [9.17, 15) is 24.9 Å². The summed E-state index contributed by atoms with van der Waals surface area (Å²) in [6, 6.07) is 13.8. The van der Waals surface area contributed by atoms with Crippen LogP contribution in [0.1, 0.15) is 5.56 Å². The molecule has 1 aliphatic heterocycles.